The van der Waals surface area contributed by atoms with Gasteiger partial charge in [-0.1, -0.05) is 18.2 Å². The van der Waals surface area contributed by atoms with E-state index < -0.39 is 5.91 Å². The number of carbonyl (C=O) groups is 1. The molecule has 5 aromatic rings. The van der Waals surface area contributed by atoms with E-state index in [-0.39, 0.29) is 11.2 Å². The van der Waals surface area contributed by atoms with Gasteiger partial charge < -0.3 is 9.73 Å². The molecule has 4 aromatic heterocycles. The van der Waals surface area contributed by atoms with Gasteiger partial charge in [-0.3, -0.25) is 9.59 Å². The molecule has 0 radical (unpaired) electrons. The number of hydrogen-bond donors (Lipinski definition) is 1. The second-order valence-corrected chi connectivity index (χ2v) is 8.28. The van der Waals surface area contributed by atoms with Crippen LogP contribution in [0, 0.1) is 6.92 Å². The topological polar surface area (TPSA) is 90.0 Å². The van der Waals surface area contributed by atoms with Crippen molar-refractivity contribution in [1.29, 1.82) is 0 Å². The molecule has 30 heavy (non-hydrogen) atoms. The normalized spacial score (nSPS) is 11.1. The standard InChI is InChI=1S/C21H14N4O3S2/c1-12-9-19(25(24-12)21-22-14(11-30-21)18-7-4-8-29-18)23-20(27)17-10-15(26)13-5-2-3-6-16(13)28-17/h2-11H,1H3,(H,23,27). The van der Waals surface area contributed by atoms with E-state index in [1.165, 1.54) is 17.4 Å². The number of carbonyl (C=O) groups excluding carboxylic acids is 1. The number of nitrogens with zero attached hydrogens (tertiary/aromatic N) is 3. The summed E-state index contributed by atoms with van der Waals surface area (Å²) in [5.41, 5.74) is 1.67. The number of amides is 1. The average Bonchev–Trinajstić information content (AvgIpc) is 3.48. The third-order valence-corrected chi connectivity index (χ3v) is 6.09. The van der Waals surface area contributed by atoms with Crippen LogP contribution in [0.25, 0.3) is 26.7 Å². The molecular formula is C21H14N4O3S2. The van der Waals surface area contributed by atoms with Crippen LogP contribution in [0.2, 0.25) is 0 Å². The molecule has 1 aromatic carbocycles. The van der Waals surface area contributed by atoms with Gasteiger partial charge in [0.05, 0.1) is 21.7 Å². The number of hydrogen-bond acceptors (Lipinski definition) is 7. The Morgan fingerprint density at radius 1 is 1.13 bits per heavy atom. The van der Waals surface area contributed by atoms with E-state index in [0.717, 1.165) is 16.3 Å². The quantitative estimate of drug-likeness (QED) is 0.442. The molecular weight excluding hydrogens is 420 g/mol. The molecule has 1 amide bonds. The molecule has 0 aliphatic rings. The van der Waals surface area contributed by atoms with Crippen molar-refractivity contribution in [3.8, 4) is 15.7 Å². The summed E-state index contributed by atoms with van der Waals surface area (Å²) in [6.07, 6.45) is 0. The summed E-state index contributed by atoms with van der Waals surface area (Å²) in [4.78, 5) is 30.8. The van der Waals surface area contributed by atoms with Gasteiger partial charge in [-0.15, -0.1) is 22.7 Å². The van der Waals surface area contributed by atoms with Crippen LogP contribution in [0.15, 0.2) is 68.5 Å². The van der Waals surface area contributed by atoms with E-state index in [0.29, 0.717) is 21.9 Å². The van der Waals surface area contributed by atoms with E-state index in [1.54, 1.807) is 46.4 Å². The minimum Gasteiger partial charge on any atom is -0.451 e. The highest BCUT2D eigenvalue weighted by Gasteiger charge is 2.18. The van der Waals surface area contributed by atoms with Crippen molar-refractivity contribution < 1.29 is 9.21 Å². The van der Waals surface area contributed by atoms with Gasteiger partial charge in [0.15, 0.2) is 11.2 Å². The largest absolute Gasteiger partial charge is 0.451 e. The second kappa shape index (κ2) is 7.36. The summed E-state index contributed by atoms with van der Waals surface area (Å²) in [5, 5.41) is 12.2. The van der Waals surface area contributed by atoms with Crippen LogP contribution < -0.4 is 10.7 Å². The fourth-order valence-corrected chi connectivity index (χ4v) is 4.57. The van der Waals surface area contributed by atoms with Gasteiger partial charge >= 0.3 is 0 Å². The molecule has 0 fully saturated rings. The van der Waals surface area contributed by atoms with Crippen LogP contribution in [-0.2, 0) is 0 Å². The molecule has 0 aliphatic carbocycles. The molecule has 0 aliphatic heterocycles. The minimum absolute atomic E-state index is 0.0671. The maximum atomic E-state index is 12.8. The SMILES string of the molecule is Cc1cc(NC(=O)c2cc(=O)c3ccccc3o2)n(-c2nc(-c3cccs3)cs2)n1. The maximum Gasteiger partial charge on any atom is 0.292 e. The predicted octanol–water partition coefficient (Wildman–Crippen LogP) is 4.72. The number of aryl methyl sites for hydroxylation is 1. The lowest BCUT2D eigenvalue weighted by Gasteiger charge is -2.06. The summed E-state index contributed by atoms with van der Waals surface area (Å²) in [6.45, 7) is 1.83. The summed E-state index contributed by atoms with van der Waals surface area (Å²) in [7, 11) is 0. The summed E-state index contributed by atoms with van der Waals surface area (Å²) in [5.74, 6) is -0.156. The number of aromatic nitrogens is 3. The van der Waals surface area contributed by atoms with Gasteiger partial charge in [0.1, 0.15) is 11.4 Å². The molecule has 0 atom stereocenters. The number of fused-ring (bicyclic) bond motifs is 1. The summed E-state index contributed by atoms with van der Waals surface area (Å²) >= 11 is 3.03. The number of thiazole rings is 1. The summed E-state index contributed by atoms with van der Waals surface area (Å²) in [6, 6.07) is 13.7. The number of rotatable bonds is 4. The van der Waals surface area contributed by atoms with Crippen molar-refractivity contribution in [3.05, 3.63) is 81.0 Å². The Labute approximate surface area is 178 Å². The van der Waals surface area contributed by atoms with E-state index >= 15 is 0 Å². The van der Waals surface area contributed by atoms with Crippen molar-refractivity contribution >= 4 is 45.4 Å². The molecule has 148 valence electrons. The van der Waals surface area contributed by atoms with Gasteiger partial charge in [-0.25, -0.2) is 4.98 Å². The van der Waals surface area contributed by atoms with Gasteiger partial charge in [-0.05, 0) is 30.5 Å². The van der Waals surface area contributed by atoms with Crippen LogP contribution in [0.3, 0.4) is 0 Å². The highest BCUT2D eigenvalue weighted by atomic mass is 32.1. The molecule has 0 saturated carbocycles. The smallest absolute Gasteiger partial charge is 0.292 e. The Morgan fingerprint density at radius 2 is 2.00 bits per heavy atom. The van der Waals surface area contributed by atoms with Crippen molar-refractivity contribution in [2.24, 2.45) is 0 Å². The van der Waals surface area contributed by atoms with Crippen molar-refractivity contribution in [2.45, 2.75) is 6.92 Å². The van der Waals surface area contributed by atoms with Crippen LogP contribution in [0.1, 0.15) is 16.2 Å². The maximum absolute atomic E-state index is 12.8. The third-order valence-electron chi connectivity index (χ3n) is 4.38. The second-order valence-electron chi connectivity index (χ2n) is 6.50. The van der Waals surface area contributed by atoms with Gasteiger partial charge in [0.25, 0.3) is 5.91 Å². The van der Waals surface area contributed by atoms with Crippen molar-refractivity contribution in [1.82, 2.24) is 14.8 Å². The molecule has 0 saturated heterocycles. The van der Waals surface area contributed by atoms with Crippen LogP contribution in [-0.4, -0.2) is 20.7 Å². The molecule has 7 nitrogen and oxygen atoms in total. The van der Waals surface area contributed by atoms with E-state index in [4.69, 9.17) is 4.42 Å². The summed E-state index contributed by atoms with van der Waals surface area (Å²) < 4.78 is 7.21. The Morgan fingerprint density at radius 3 is 2.83 bits per heavy atom. The predicted molar refractivity (Wildman–Crippen MR) is 118 cm³/mol. The zero-order valence-corrected chi connectivity index (χ0v) is 17.3. The number of para-hydroxylation sites is 1. The van der Waals surface area contributed by atoms with E-state index in [1.807, 2.05) is 29.8 Å². The average molecular weight is 435 g/mol. The first-order chi connectivity index (χ1) is 14.6. The number of anilines is 1. The lowest BCUT2D eigenvalue weighted by atomic mass is 10.2. The highest BCUT2D eigenvalue weighted by molar-refractivity contribution is 7.15. The van der Waals surface area contributed by atoms with Crippen molar-refractivity contribution in [2.75, 3.05) is 5.32 Å². The fraction of sp³-hybridized carbons (Fsp3) is 0.0476. The molecule has 0 spiro atoms. The van der Waals surface area contributed by atoms with Crippen LogP contribution in [0.5, 0.6) is 0 Å². The lowest BCUT2D eigenvalue weighted by Crippen LogP contribution is -2.17. The van der Waals surface area contributed by atoms with E-state index in [9.17, 15) is 9.59 Å². The third kappa shape index (κ3) is 3.34. The first kappa shape index (κ1) is 18.5. The lowest BCUT2D eigenvalue weighted by molar-refractivity contribution is 0.0996. The zero-order chi connectivity index (χ0) is 20.7. The van der Waals surface area contributed by atoms with Gasteiger partial charge in [0, 0.05) is 17.5 Å². The Kier molecular flexibility index (Phi) is 4.53. The minimum atomic E-state index is -0.533. The number of thiophene rings is 1. The zero-order valence-electron chi connectivity index (χ0n) is 15.7. The molecule has 0 unspecified atom stereocenters. The molecule has 1 N–H and O–H groups in total. The highest BCUT2D eigenvalue weighted by Crippen LogP contribution is 2.29. The molecule has 0 bridgehead atoms. The molecule has 9 heteroatoms. The van der Waals surface area contributed by atoms with Gasteiger partial charge in [0.2, 0.25) is 5.13 Å². The van der Waals surface area contributed by atoms with Crippen molar-refractivity contribution in [3.63, 3.8) is 0 Å². The Bertz CT molecular complexity index is 1430. The van der Waals surface area contributed by atoms with Gasteiger partial charge in [-0.2, -0.15) is 9.78 Å². The van der Waals surface area contributed by atoms with Crippen LogP contribution in [0.4, 0.5) is 5.82 Å². The fourth-order valence-electron chi connectivity index (χ4n) is 3.03. The Balaban J connectivity index is 1.48. The van der Waals surface area contributed by atoms with Crippen LogP contribution >= 0.6 is 22.7 Å². The number of benzene rings is 1. The first-order valence-corrected chi connectivity index (χ1v) is 10.7. The monoisotopic (exact) mass is 434 g/mol. The van der Waals surface area contributed by atoms with E-state index in [2.05, 4.69) is 15.4 Å². The molecule has 5 rings (SSSR count). The molecule has 4 heterocycles. The first-order valence-electron chi connectivity index (χ1n) is 8.99. The number of nitrogens with one attached hydrogen (secondary N) is 1. The Hall–Kier alpha value is -3.56.